The molecule has 1 aliphatic heterocycles. The van der Waals surface area contributed by atoms with Gasteiger partial charge in [-0.05, 0) is 43.4 Å². The Bertz CT molecular complexity index is 1380. The molecule has 0 bridgehead atoms. The monoisotopic (exact) mass is 430 g/mol. The van der Waals surface area contributed by atoms with Crippen molar-refractivity contribution < 1.29 is 5.11 Å². The highest BCUT2D eigenvalue weighted by molar-refractivity contribution is 5.85. The third-order valence-corrected chi connectivity index (χ3v) is 6.43. The molecule has 4 aromatic rings. The molecule has 0 aliphatic carbocycles. The van der Waals surface area contributed by atoms with Gasteiger partial charge >= 0.3 is 5.69 Å². The van der Waals surface area contributed by atoms with E-state index in [2.05, 4.69) is 21.4 Å². The van der Waals surface area contributed by atoms with Gasteiger partial charge in [-0.25, -0.2) is 4.79 Å². The minimum atomic E-state index is -0.593. The predicted molar refractivity (Wildman–Crippen MR) is 124 cm³/mol. The third-order valence-electron chi connectivity index (χ3n) is 6.43. The highest BCUT2D eigenvalue weighted by Crippen LogP contribution is 2.35. The van der Waals surface area contributed by atoms with Crippen molar-refractivity contribution in [2.45, 2.75) is 38.3 Å². The minimum Gasteiger partial charge on any atom is -0.494 e. The average Bonchev–Trinajstić information content (AvgIpc) is 3.18. The molecule has 0 amide bonds. The maximum Gasteiger partial charge on any atom is 0.331 e. The summed E-state index contributed by atoms with van der Waals surface area (Å²) >= 11 is 0. The maximum absolute atomic E-state index is 12.9. The number of nitrogens with one attached hydrogen (secondary N) is 3. The van der Waals surface area contributed by atoms with Gasteiger partial charge in [0.2, 0.25) is 5.88 Å². The second kappa shape index (κ2) is 8.16. The van der Waals surface area contributed by atoms with Gasteiger partial charge in [0, 0.05) is 29.2 Å². The van der Waals surface area contributed by atoms with E-state index in [1.165, 1.54) is 4.57 Å². The first-order valence-corrected chi connectivity index (χ1v) is 11.0. The fraction of sp³-hybridized carbons (Fsp3) is 0.280. The maximum atomic E-state index is 12.9. The summed E-state index contributed by atoms with van der Waals surface area (Å²) < 4.78 is 1.30. The van der Waals surface area contributed by atoms with Crippen molar-refractivity contribution in [2.24, 2.45) is 0 Å². The lowest BCUT2D eigenvalue weighted by Crippen LogP contribution is -2.39. The summed E-state index contributed by atoms with van der Waals surface area (Å²) in [4.78, 5) is 31.4. The molecular formula is C25H26N4O3. The van der Waals surface area contributed by atoms with Crippen LogP contribution < -0.4 is 16.6 Å². The summed E-state index contributed by atoms with van der Waals surface area (Å²) in [7, 11) is 0. The van der Waals surface area contributed by atoms with Crippen LogP contribution in [0.4, 0.5) is 0 Å². The van der Waals surface area contributed by atoms with Gasteiger partial charge in [-0.3, -0.25) is 14.3 Å². The predicted octanol–water partition coefficient (Wildman–Crippen LogP) is 3.15. The van der Waals surface area contributed by atoms with Crippen LogP contribution in [0.25, 0.3) is 10.9 Å². The van der Waals surface area contributed by atoms with Crippen molar-refractivity contribution in [1.82, 2.24) is 19.9 Å². The molecule has 0 spiro atoms. The number of rotatable bonds is 5. The van der Waals surface area contributed by atoms with Crippen molar-refractivity contribution in [2.75, 3.05) is 6.54 Å². The summed E-state index contributed by atoms with van der Waals surface area (Å²) in [6.45, 7) is 2.55. The van der Waals surface area contributed by atoms with E-state index in [0.717, 1.165) is 40.6 Å². The number of nitrogens with zero attached hydrogens (tertiary/aromatic N) is 1. The van der Waals surface area contributed by atoms with Crippen LogP contribution in [-0.2, 0) is 12.8 Å². The molecule has 164 valence electrons. The average molecular weight is 431 g/mol. The number of hydrogen-bond acceptors (Lipinski definition) is 4. The molecule has 0 saturated heterocycles. The lowest BCUT2D eigenvalue weighted by Gasteiger charge is -2.26. The van der Waals surface area contributed by atoms with Gasteiger partial charge in [0.25, 0.3) is 5.56 Å². The molecular weight excluding hydrogens is 404 g/mol. The Hall–Kier alpha value is -3.58. The Labute approximate surface area is 184 Å². The Morgan fingerprint density at radius 1 is 1.06 bits per heavy atom. The van der Waals surface area contributed by atoms with Crippen LogP contribution in [0.15, 0.2) is 64.2 Å². The zero-order chi connectivity index (χ0) is 22.2. The summed E-state index contributed by atoms with van der Waals surface area (Å²) in [5.41, 5.74) is 3.16. The summed E-state index contributed by atoms with van der Waals surface area (Å²) in [6, 6.07) is 17.2. The number of aromatic nitrogens is 3. The van der Waals surface area contributed by atoms with E-state index in [0.29, 0.717) is 13.0 Å². The molecule has 5 rings (SSSR count). The second-order valence-electron chi connectivity index (χ2n) is 8.44. The van der Waals surface area contributed by atoms with E-state index >= 15 is 0 Å². The summed E-state index contributed by atoms with van der Waals surface area (Å²) in [6.07, 6.45) is 2.23. The standard InChI is InChI=1S/C25H26N4O3/c1-15(11-12-16-7-3-2-4-8-16)29-24(31)20(23(30)28-25(29)32)22-21-18(13-14-26-22)17-9-5-6-10-19(17)27-21/h2-10,15,22,26-27,31H,11-14H2,1H3,(H,28,30,32)/t15-,22-/m0/s1. The van der Waals surface area contributed by atoms with E-state index in [1.807, 2.05) is 55.5 Å². The van der Waals surface area contributed by atoms with Gasteiger partial charge in [-0.2, -0.15) is 0 Å². The van der Waals surface area contributed by atoms with Crippen LogP contribution in [-0.4, -0.2) is 26.2 Å². The Morgan fingerprint density at radius 3 is 2.62 bits per heavy atom. The Morgan fingerprint density at radius 2 is 1.81 bits per heavy atom. The Kier molecular flexibility index (Phi) is 5.19. The van der Waals surface area contributed by atoms with Gasteiger partial charge in [0.15, 0.2) is 0 Å². The topological polar surface area (TPSA) is 103 Å². The van der Waals surface area contributed by atoms with Gasteiger partial charge < -0.3 is 15.4 Å². The van der Waals surface area contributed by atoms with Crippen LogP contribution in [0, 0.1) is 0 Å². The SMILES string of the molecule is C[C@@H](CCc1ccccc1)n1c(O)c([C@@H]2NCCc3c2[nH]c2ccccc32)c(=O)[nH]c1=O. The second-order valence-corrected chi connectivity index (χ2v) is 8.44. The van der Waals surface area contributed by atoms with Crippen molar-refractivity contribution in [3.8, 4) is 5.88 Å². The molecule has 2 atom stereocenters. The summed E-state index contributed by atoms with van der Waals surface area (Å²) in [5, 5.41) is 15.6. The number of benzene rings is 2. The van der Waals surface area contributed by atoms with Crippen molar-refractivity contribution in [3.63, 3.8) is 0 Å². The smallest absolute Gasteiger partial charge is 0.331 e. The van der Waals surface area contributed by atoms with E-state index in [1.54, 1.807) is 0 Å². The van der Waals surface area contributed by atoms with Crippen molar-refractivity contribution in [3.05, 3.63) is 97.8 Å². The van der Waals surface area contributed by atoms with Crippen LogP contribution in [0.1, 0.15) is 47.8 Å². The van der Waals surface area contributed by atoms with Crippen molar-refractivity contribution >= 4 is 10.9 Å². The zero-order valence-corrected chi connectivity index (χ0v) is 17.9. The van der Waals surface area contributed by atoms with Gasteiger partial charge in [0.05, 0.1) is 6.04 Å². The first kappa shape index (κ1) is 20.3. The highest BCUT2D eigenvalue weighted by atomic mass is 16.3. The molecule has 2 aromatic heterocycles. The van der Waals surface area contributed by atoms with E-state index in [4.69, 9.17) is 0 Å². The first-order valence-electron chi connectivity index (χ1n) is 11.0. The lowest BCUT2D eigenvalue weighted by molar-refractivity contribution is 0.349. The molecule has 0 saturated carbocycles. The molecule has 2 aromatic carbocycles. The highest BCUT2D eigenvalue weighted by Gasteiger charge is 2.31. The number of aromatic amines is 2. The molecule has 0 radical (unpaired) electrons. The first-order chi connectivity index (χ1) is 15.5. The van der Waals surface area contributed by atoms with E-state index in [-0.39, 0.29) is 17.5 Å². The molecule has 7 nitrogen and oxygen atoms in total. The van der Waals surface area contributed by atoms with E-state index in [9.17, 15) is 14.7 Å². The van der Waals surface area contributed by atoms with Gasteiger partial charge in [-0.1, -0.05) is 48.5 Å². The van der Waals surface area contributed by atoms with E-state index < -0.39 is 17.3 Å². The fourth-order valence-electron chi connectivity index (χ4n) is 4.80. The molecule has 3 heterocycles. The zero-order valence-electron chi connectivity index (χ0n) is 17.9. The number of aryl methyl sites for hydroxylation is 1. The summed E-state index contributed by atoms with van der Waals surface area (Å²) in [5.74, 6) is -0.275. The number of para-hydroxylation sites is 1. The largest absolute Gasteiger partial charge is 0.494 e. The molecule has 0 fully saturated rings. The normalized spacial score (nSPS) is 16.7. The lowest BCUT2D eigenvalue weighted by atomic mass is 9.95. The molecule has 4 N–H and O–H groups in total. The molecule has 7 heteroatoms. The molecule has 0 unspecified atom stereocenters. The fourth-order valence-corrected chi connectivity index (χ4v) is 4.80. The number of fused-ring (bicyclic) bond motifs is 3. The van der Waals surface area contributed by atoms with Crippen LogP contribution in [0.5, 0.6) is 5.88 Å². The van der Waals surface area contributed by atoms with Crippen molar-refractivity contribution in [1.29, 1.82) is 0 Å². The van der Waals surface area contributed by atoms with Crippen LogP contribution in [0.3, 0.4) is 0 Å². The minimum absolute atomic E-state index is 0.170. The van der Waals surface area contributed by atoms with Crippen LogP contribution in [0.2, 0.25) is 0 Å². The number of H-pyrrole nitrogens is 2. The molecule has 32 heavy (non-hydrogen) atoms. The van der Waals surface area contributed by atoms with Crippen LogP contribution >= 0.6 is 0 Å². The van der Waals surface area contributed by atoms with Gasteiger partial charge in [0.1, 0.15) is 5.56 Å². The van der Waals surface area contributed by atoms with Gasteiger partial charge in [-0.15, -0.1) is 0 Å². The quantitative estimate of drug-likeness (QED) is 0.391. The number of hydrogen-bond donors (Lipinski definition) is 4. The number of aromatic hydroxyl groups is 1. The Balaban J connectivity index is 1.55. The third kappa shape index (κ3) is 3.44. The molecule has 1 aliphatic rings.